The van der Waals surface area contributed by atoms with Crippen molar-refractivity contribution < 1.29 is 4.74 Å². The van der Waals surface area contributed by atoms with Crippen LogP contribution in [0.15, 0.2) is 30.6 Å². The molecular weight excluding hydrogens is 286 g/mol. The molecule has 5 heteroatoms. The number of halogens is 1. The number of nitrogens with zero attached hydrogens (tertiary/aromatic N) is 2. The first kappa shape index (κ1) is 15.7. The van der Waals surface area contributed by atoms with Gasteiger partial charge in [-0.15, -0.1) is 0 Å². The van der Waals surface area contributed by atoms with E-state index in [0.717, 1.165) is 17.7 Å². The lowest BCUT2D eigenvalue weighted by atomic mass is 10.1. The minimum atomic E-state index is 0.0655. The molecule has 0 atom stereocenters. The summed E-state index contributed by atoms with van der Waals surface area (Å²) < 4.78 is 5.61. The number of hydrogen-bond donors (Lipinski definition) is 1. The maximum absolute atomic E-state index is 5.98. The highest BCUT2D eigenvalue weighted by Gasteiger charge is 2.09. The van der Waals surface area contributed by atoms with Crippen molar-refractivity contribution in [3.63, 3.8) is 0 Å². The second-order valence-corrected chi connectivity index (χ2v) is 6.40. The zero-order valence-corrected chi connectivity index (χ0v) is 13.5. The molecular formula is C16H20ClN3O. The molecule has 0 fully saturated rings. The van der Waals surface area contributed by atoms with Gasteiger partial charge in [0.05, 0.1) is 0 Å². The Morgan fingerprint density at radius 1 is 1.19 bits per heavy atom. The third-order valence-corrected chi connectivity index (χ3v) is 3.27. The maximum Gasteiger partial charge on any atom is 0.321 e. The number of nitrogens with one attached hydrogen (secondary N) is 1. The zero-order valence-electron chi connectivity index (χ0n) is 12.8. The first-order chi connectivity index (χ1) is 9.83. The Kier molecular flexibility index (Phi) is 4.80. The van der Waals surface area contributed by atoms with E-state index >= 15 is 0 Å². The standard InChI is InChI=1S/C16H20ClN3O/c1-11-7-13(5-6-14(11)17)21-15-18-8-12(9-19-15)10-20-16(2,3)4/h5-9,20H,10H2,1-4H3. The largest absolute Gasteiger partial charge is 0.424 e. The third kappa shape index (κ3) is 4.99. The monoisotopic (exact) mass is 305 g/mol. The normalized spacial score (nSPS) is 11.5. The Morgan fingerprint density at radius 3 is 2.43 bits per heavy atom. The smallest absolute Gasteiger partial charge is 0.321 e. The molecule has 0 spiro atoms. The summed E-state index contributed by atoms with van der Waals surface area (Å²) in [5.41, 5.74) is 2.04. The van der Waals surface area contributed by atoms with Gasteiger partial charge in [0, 0.05) is 35.1 Å². The second kappa shape index (κ2) is 6.41. The molecule has 112 valence electrons. The van der Waals surface area contributed by atoms with Gasteiger partial charge in [0.25, 0.3) is 0 Å². The summed E-state index contributed by atoms with van der Waals surface area (Å²) in [4.78, 5) is 8.44. The van der Waals surface area contributed by atoms with Gasteiger partial charge in [-0.3, -0.25) is 0 Å². The van der Waals surface area contributed by atoms with E-state index in [0.29, 0.717) is 16.8 Å². The Balaban J connectivity index is 2.00. The van der Waals surface area contributed by atoms with Crippen LogP contribution in [0, 0.1) is 6.92 Å². The molecule has 1 heterocycles. The van der Waals surface area contributed by atoms with Crippen molar-refractivity contribution in [3.05, 3.63) is 46.7 Å². The predicted molar refractivity (Wildman–Crippen MR) is 84.9 cm³/mol. The van der Waals surface area contributed by atoms with Crippen LogP contribution in [0.3, 0.4) is 0 Å². The highest BCUT2D eigenvalue weighted by Crippen LogP contribution is 2.23. The van der Waals surface area contributed by atoms with Gasteiger partial charge in [0.15, 0.2) is 0 Å². The van der Waals surface area contributed by atoms with Crippen LogP contribution in [0.5, 0.6) is 11.8 Å². The van der Waals surface area contributed by atoms with E-state index in [1.54, 1.807) is 24.5 Å². The molecule has 1 N–H and O–H groups in total. The Morgan fingerprint density at radius 2 is 1.86 bits per heavy atom. The minimum absolute atomic E-state index is 0.0655. The second-order valence-electron chi connectivity index (χ2n) is 5.99. The number of ether oxygens (including phenoxy) is 1. The lowest BCUT2D eigenvalue weighted by Crippen LogP contribution is -2.35. The molecule has 2 rings (SSSR count). The summed E-state index contributed by atoms with van der Waals surface area (Å²) in [6.07, 6.45) is 3.54. The Bertz CT molecular complexity index is 606. The number of hydrogen-bond acceptors (Lipinski definition) is 4. The molecule has 2 aromatic rings. The van der Waals surface area contributed by atoms with Gasteiger partial charge in [-0.25, -0.2) is 9.97 Å². The topological polar surface area (TPSA) is 47.0 Å². The number of benzene rings is 1. The van der Waals surface area contributed by atoms with Gasteiger partial charge in [-0.05, 0) is 51.5 Å². The third-order valence-electron chi connectivity index (χ3n) is 2.84. The Hall–Kier alpha value is -1.65. The van der Waals surface area contributed by atoms with Crippen LogP contribution in [0.1, 0.15) is 31.9 Å². The van der Waals surface area contributed by atoms with E-state index < -0.39 is 0 Å². The molecule has 4 nitrogen and oxygen atoms in total. The number of rotatable bonds is 4. The summed E-state index contributed by atoms with van der Waals surface area (Å²) in [5, 5.41) is 4.10. The van der Waals surface area contributed by atoms with Gasteiger partial charge in [0.1, 0.15) is 5.75 Å². The van der Waals surface area contributed by atoms with Crippen LogP contribution in [0.25, 0.3) is 0 Å². The van der Waals surface area contributed by atoms with Crippen molar-refractivity contribution >= 4 is 11.6 Å². The molecule has 0 bridgehead atoms. The first-order valence-corrected chi connectivity index (χ1v) is 7.21. The number of aryl methyl sites for hydroxylation is 1. The average molecular weight is 306 g/mol. The van der Waals surface area contributed by atoms with Gasteiger partial charge in [0.2, 0.25) is 0 Å². The minimum Gasteiger partial charge on any atom is -0.424 e. The van der Waals surface area contributed by atoms with Crippen molar-refractivity contribution in [2.45, 2.75) is 39.8 Å². The summed E-state index contributed by atoms with van der Waals surface area (Å²) in [5.74, 6) is 0.678. The molecule has 0 aliphatic rings. The van der Waals surface area contributed by atoms with Crippen LogP contribution >= 0.6 is 11.6 Å². The van der Waals surface area contributed by atoms with Crippen molar-refractivity contribution in [2.75, 3.05) is 0 Å². The van der Waals surface area contributed by atoms with Gasteiger partial charge < -0.3 is 10.1 Å². The van der Waals surface area contributed by atoms with E-state index in [1.165, 1.54) is 0 Å². The van der Waals surface area contributed by atoms with E-state index in [1.807, 2.05) is 13.0 Å². The molecule has 0 radical (unpaired) electrons. The fourth-order valence-corrected chi connectivity index (χ4v) is 1.76. The average Bonchev–Trinajstić information content (AvgIpc) is 2.41. The molecule has 0 saturated heterocycles. The Labute approximate surface area is 130 Å². The van der Waals surface area contributed by atoms with E-state index in [-0.39, 0.29) is 5.54 Å². The van der Waals surface area contributed by atoms with Crippen molar-refractivity contribution in [2.24, 2.45) is 0 Å². The molecule has 0 aliphatic heterocycles. The van der Waals surface area contributed by atoms with Crippen LogP contribution in [-0.2, 0) is 6.54 Å². The fraction of sp³-hybridized carbons (Fsp3) is 0.375. The molecule has 1 aromatic heterocycles. The van der Waals surface area contributed by atoms with Crippen LogP contribution < -0.4 is 10.1 Å². The van der Waals surface area contributed by atoms with Crippen molar-refractivity contribution in [1.82, 2.24) is 15.3 Å². The van der Waals surface area contributed by atoms with Crippen LogP contribution in [0.2, 0.25) is 5.02 Å². The first-order valence-electron chi connectivity index (χ1n) is 6.83. The SMILES string of the molecule is Cc1cc(Oc2ncc(CNC(C)(C)C)cn2)ccc1Cl. The number of aromatic nitrogens is 2. The molecule has 0 saturated carbocycles. The van der Waals surface area contributed by atoms with E-state index in [9.17, 15) is 0 Å². The van der Waals surface area contributed by atoms with Crippen molar-refractivity contribution in [3.8, 4) is 11.8 Å². The zero-order chi connectivity index (χ0) is 15.5. The molecule has 21 heavy (non-hydrogen) atoms. The lowest BCUT2D eigenvalue weighted by Gasteiger charge is -2.20. The van der Waals surface area contributed by atoms with Crippen LogP contribution in [-0.4, -0.2) is 15.5 Å². The van der Waals surface area contributed by atoms with Gasteiger partial charge >= 0.3 is 6.01 Å². The summed E-state index contributed by atoms with van der Waals surface area (Å²) in [7, 11) is 0. The quantitative estimate of drug-likeness (QED) is 0.923. The van der Waals surface area contributed by atoms with Crippen LogP contribution in [0.4, 0.5) is 0 Å². The van der Waals surface area contributed by atoms with Gasteiger partial charge in [-0.1, -0.05) is 11.6 Å². The summed E-state index contributed by atoms with van der Waals surface area (Å²) >= 11 is 5.98. The van der Waals surface area contributed by atoms with Gasteiger partial charge in [-0.2, -0.15) is 0 Å². The maximum atomic E-state index is 5.98. The summed E-state index contributed by atoms with van der Waals surface area (Å²) in [6, 6.07) is 5.79. The molecule has 0 unspecified atom stereocenters. The lowest BCUT2D eigenvalue weighted by molar-refractivity contribution is 0.420. The molecule has 0 aliphatic carbocycles. The van der Waals surface area contributed by atoms with E-state index in [2.05, 4.69) is 36.1 Å². The fourth-order valence-electron chi connectivity index (χ4n) is 1.64. The predicted octanol–water partition coefficient (Wildman–Crippen LogP) is 4.12. The van der Waals surface area contributed by atoms with E-state index in [4.69, 9.17) is 16.3 Å². The molecule has 1 aromatic carbocycles. The molecule has 0 amide bonds. The highest BCUT2D eigenvalue weighted by atomic mass is 35.5. The van der Waals surface area contributed by atoms with Crippen molar-refractivity contribution in [1.29, 1.82) is 0 Å². The summed E-state index contributed by atoms with van der Waals surface area (Å²) in [6.45, 7) is 9.01. The highest BCUT2D eigenvalue weighted by molar-refractivity contribution is 6.31.